The molecule has 1 unspecified atom stereocenters. The normalized spacial score (nSPS) is 21.5. The third kappa shape index (κ3) is 4.68. The molecule has 0 radical (unpaired) electrons. The van der Waals surface area contributed by atoms with Crippen molar-refractivity contribution in [1.82, 2.24) is 9.88 Å². The molecule has 1 aliphatic carbocycles. The van der Waals surface area contributed by atoms with Gasteiger partial charge in [-0.15, -0.1) is 0 Å². The molecule has 2 fully saturated rings. The number of anilines is 1. The summed E-state index contributed by atoms with van der Waals surface area (Å²) >= 11 is 0. The lowest BCUT2D eigenvalue weighted by molar-refractivity contribution is -0.121. The molecule has 144 valence electrons. The lowest BCUT2D eigenvalue weighted by Crippen LogP contribution is -2.40. The van der Waals surface area contributed by atoms with Crippen LogP contribution in [0.25, 0.3) is 0 Å². The van der Waals surface area contributed by atoms with Crippen molar-refractivity contribution < 1.29 is 9.53 Å². The number of hydrogen-bond acceptors (Lipinski definition) is 4. The molecule has 1 aromatic heterocycles. The van der Waals surface area contributed by atoms with Crippen molar-refractivity contribution >= 4 is 12.1 Å². The molecular formula is C21H33N3O2. The number of nitrogens with zero attached hydrogens (tertiary/aromatic N) is 3. The van der Waals surface area contributed by atoms with Gasteiger partial charge in [0, 0.05) is 31.7 Å². The number of ether oxygens (including phenoxy) is 1. The standard InChI is InChI=1S/C21H33N3O2/c1-17-20(10-11-21(22-17)26-2)23-13-6-7-18(15-23)12-14-24(16-25)19-8-4-3-5-9-19/h10-11,16,18-19H,3-9,12-15H2,1-2H3. The second-order valence-corrected chi connectivity index (χ2v) is 7.84. The molecule has 0 aromatic carbocycles. The fourth-order valence-electron chi connectivity index (χ4n) is 4.56. The summed E-state index contributed by atoms with van der Waals surface area (Å²) in [6, 6.07) is 4.56. The Kier molecular flexibility index (Phi) is 6.75. The number of pyridine rings is 1. The first-order valence-electron chi connectivity index (χ1n) is 10.2. The highest BCUT2D eigenvalue weighted by Crippen LogP contribution is 2.29. The highest BCUT2D eigenvalue weighted by Gasteiger charge is 2.24. The first kappa shape index (κ1) is 19.0. The van der Waals surface area contributed by atoms with Crippen molar-refractivity contribution in [1.29, 1.82) is 0 Å². The molecule has 1 aromatic rings. The molecule has 1 amide bonds. The largest absolute Gasteiger partial charge is 0.481 e. The minimum atomic E-state index is 0.481. The van der Waals surface area contributed by atoms with E-state index in [0.29, 0.717) is 17.8 Å². The Bertz CT molecular complexity index is 587. The number of rotatable bonds is 7. The quantitative estimate of drug-likeness (QED) is 0.695. The lowest BCUT2D eigenvalue weighted by atomic mass is 9.92. The molecule has 2 aliphatic rings. The van der Waals surface area contributed by atoms with Crippen LogP contribution in [-0.2, 0) is 4.79 Å². The van der Waals surface area contributed by atoms with Crippen molar-refractivity contribution in [2.45, 2.75) is 64.3 Å². The molecule has 1 aliphatic heterocycles. The first-order chi connectivity index (χ1) is 12.7. The minimum Gasteiger partial charge on any atom is -0.481 e. The average Bonchev–Trinajstić information content (AvgIpc) is 2.69. The van der Waals surface area contributed by atoms with Crippen molar-refractivity contribution in [2.24, 2.45) is 5.92 Å². The van der Waals surface area contributed by atoms with E-state index in [4.69, 9.17) is 4.74 Å². The monoisotopic (exact) mass is 359 g/mol. The van der Waals surface area contributed by atoms with E-state index >= 15 is 0 Å². The van der Waals surface area contributed by atoms with E-state index in [2.05, 4.69) is 27.8 Å². The van der Waals surface area contributed by atoms with Gasteiger partial charge in [-0.2, -0.15) is 0 Å². The van der Waals surface area contributed by atoms with Crippen LogP contribution >= 0.6 is 0 Å². The number of piperidine rings is 1. The third-order valence-corrected chi connectivity index (χ3v) is 6.08. The molecule has 3 rings (SSSR count). The summed E-state index contributed by atoms with van der Waals surface area (Å²) in [5.41, 5.74) is 2.25. The summed E-state index contributed by atoms with van der Waals surface area (Å²) in [4.78, 5) is 20.6. The highest BCUT2D eigenvalue weighted by molar-refractivity contribution is 5.52. The third-order valence-electron chi connectivity index (χ3n) is 6.08. The van der Waals surface area contributed by atoms with Gasteiger partial charge in [0.05, 0.1) is 18.5 Å². The van der Waals surface area contributed by atoms with Crippen LogP contribution in [0.3, 0.4) is 0 Å². The van der Waals surface area contributed by atoms with Crippen molar-refractivity contribution in [3.05, 3.63) is 17.8 Å². The van der Waals surface area contributed by atoms with Crippen molar-refractivity contribution in [3.8, 4) is 5.88 Å². The van der Waals surface area contributed by atoms with Gasteiger partial charge in [0.15, 0.2) is 0 Å². The zero-order valence-electron chi connectivity index (χ0n) is 16.3. The predicted molar refractivity (Wildman–Crippen MR) is 105 cm³/mol. The Balaban J connectivity index is 1.55. The van der Waals surface area contributed by atoms with E-state index in [1.54, 1.807) is 7.11 Å². The van der Waals surface area contributed by atoms with Gasteiger partial charge in [0.25, 0.3) is 0 Å². The molecule has 0 N–H and O–H groups in total. The van der Waals surface area contributed by atoms with Crippen LogP contribution in [0.15, 0.2) is 12.1 Å². The van der Waals surface area contributed by atoms with E-state index in [0.717, 1.165) is 38.2 Å². The summed E-state index contributed by atoms with van der Waals surface area (Å²) in [5, 5.41) is 0. The molecule has 2 heterocycles. The Labute approximate surface area is 157 Å². The van der Waals surface area contributed by atoms with Crippen LogP contribution in [-0.4, -0.2) is 49.1 Å². The van der Waals surface area contributed by atoms with Gasteiger partial charge in [-0.1, -0.05) is 19.3 Å². The van der Waals surface area contributed by atoms with Crippen LogP contribution in [0.1, 0.15) is 57.1 Å². The number of aryl methyl sites for hydroxylation is 1. The van der Waals surface area contributed by atoms with Gasteiger partial charge in [0.1, 0.15) is 0 Å². The number of carbonyl (C=O) groups is 1. The molecule has 1 saturated heterocycles. The van der Waals surface area contributed by atoms with Gasteiger partial charge < -0.3 is 14.5 Å². The zero-order valence-corrected chi connectivity index (χ0v) is 16.3. The summed E-state index contributed by atoms with van der Waals surface area (Å²) in [6.45, 7) is 5.11. The molecule has 1 atom stereocenters. The number of hydrogen-bond donors (Lipinski definition) is 0. The number of methoxy groups -OCH3 is 1. The summed E-state index contributed by atoms with van der Waals surface area (Å²) in [6.07, 6.45) is 10.9. The molecule has 1 saturated carbocycles. The summed E-state index contributed by atoms with van der Waals surface area (Å²) in [7, 11) is 1.66. The molecule has 0 spiro atoms. The maximum atomic E-state index is 11.6. The maximum Gasteiger partial charge on any atom is 0.213 e. The second kappa shape index (κ2) is 9.24. The Hall–Kier alpha value is -1.78. The number of amides is 1. The van der Waals surface area contributed by atoms with Crippen molar-refractivity contribution in [2.75, 3.05) is 31.6 Å². The number of carbonyl (C=O) groups excluding carboxylic acids is 1. The minimum absolute atomic E-state index is 0.481. The second-order valence-electron chi connectivity index (χ2n) is 7.84. The van der Waals surface area contributed by atoms with E-state index in [1.807, 2.05) is 6.07 Å². The number of aromatic nitrogens is 1. The topological polar surface area (TPSA) is 45.7 Å². The molecular weight excluding hydrogens is 326 g/mol. The van der Waals surface area contributed by atoms with E-state index in [-0.39, 0.29) is 0 Å². The Morgan fingerprint density at radius 1 is 1.23 bits per heavy atom. The lowest BCUT2D eigenvalue weighted by Gasteiger charge is -2.37. The Morgan fingerprint density at radius 2 is 2.04 bits per heavy atom. The zero-order chi connectivity index (χ0) is 18.4. The fourth-order valence-corrected chi connectivity index (χ4v) is 4.56. The highest BCUT2D eigenvalue weighted by atomic mass is 16.5. The average molecular weight is 360 g/mol. The van der Waals surface area contributed by atoms with Gasteiger partial charge >= 0.3 is 0 Å². The SMILES string of the molecule is COc1ccc(N2CCCC(CCN(C=O)C3CCCCC3)C2)c(C)n1. The molecule has 26 heavy (non-hydrogen) atoms. The fraction of sp³-hybridized carbons (Fsp3) is 0.714. The smallest absolute Gasteiger partial charge is 0.213 e. The van der Waals surface area contributed by atoms with Gasteiger partial charge in [-0.05, 0) is 51.0 Å². The van der Waals surface area contributed by atoms with E-state index < -0.39 is 0 Å². The maximum absolute atomic E-state index is 11.6. The molecule has 0 bridgehead atoms. The van der Waals surface area contributed by atoms with Crippen LogP contribution in [0, 0.1) is 12.8 Å². The van der Waals surface area contributed by atoms with Crippen LogP contribution in [0.5, 0.6) is 5.88 Å². The van der Waals surface area contributed by atoms with Gasteiger partial charge in [-0.25, -0.2) is 4.98 Å². The summed E-state index contributed by atoms with van der Waals surface area (Å²) < 4.78 is 5.23. The van der Waals surface area contributed by atoms with Crippen LogP contribution in [0.4, 0.5) is 5.69 Å². The summed E-state index contributed by atoms with van der Waals surface area (Å²) in [5.74, 6) is 1.32. The van der Waals surface area contributed by atoms with Crippen molar-refractivity contribution in [3.63, 3.8) is 0 Å². The van der Waals surface area contributed by atoms with Gasteiger partial charge in [0.2, 0.25) is 12.3 Å². The van der Waals surface area contributed by atoms with E-state index in [1.165, 1.54) is 50.6 Å². The molecule has 5 nitrogen and oxygen atoms in total. The Morgan fingerprint density at radius 3 is 2.73 bits per heavy atom. The van der Waals surface area contributed by atoms with Gasteiger partial charge in [-0.3, -0.25) is 4.79 Å². The van der Waals surface area contributed by atoms with Crippen LogP contribution in [0.2, 0.25) is 0 Å². The first-order valence-corrected chi connectivity index (χ1v) is 10.2. The van der Waals surface area contributed by atoms with Crippen LogP contribution < -0.4 is 9.64 Å². The van der Waals surface area contributed by atoms with E-state index in [9.17, 15) is 4.79 Å². The predicted octanol–water partition coefficient (Wildman–Crippen LogP) is 3.80. The molecule has 5 heteroatoms.